The normalized spacial score (nSPS) is 11.7. The number of aryl methyl sites for hydroxylation is 3. The van der Waals surface area contributed by atoms with Crippen LogP contribution in [0.2, 0.25) is 0 Å². The first-order valence-electron chi connectivity index (χ1n) is 9.41. The zero-order chi connectivity index (χ0) is 21.0. The first-order valence-corrected chi connectivity index (χ1v) is 10.3. The zero-order valence-electron chi connectivity index (χ0n) is 17.0. The second-order valence-electron chi connectivity index (χ2n) is 7.13. The molecule has 0 fully saturated rings. The number of nitrogens with zero attached hydrogens (tertiary/aromatic N) is 1. The Morgan fingerprint density at radius 3 is 2.45 bits per heavy atom. The van der Waals surface area contributed by atoms with E-state index >= 15 is 0 Å². The van der Waals surface area contributed by atoms with Crippen LogP contribution in [0.4, 0.5) is 5.69 Å². The van der Waals surface area contributed by atoms with Gasteiger partial charge in [0.2, 0.25) is 0 Å². The molecule has 150 valence electrons. The Balaban J connectivity index is 1.56. The minimum absolute atomic E-state index is 0.0313. The summed E-state index contributed by atoms with van der Waals surface area (Å²) in [6, 6.07) is 13.8. The van der Waals surface area contributed by atoms with Crippen molar-refractivity contribution >= 4 is 28.9 Å². The molecule has 6 heteroatoms. The first-order chi connectivity index (χ1) is 13.8. The summed E-state index contributed by atoms with van der Waals surface area (Å²) in [5.41, 5.74) is 5.63. The molecule has 1 N–H and O–H groups in total. The molecule has 0 unspecified atom stereocenters. The number of carbonyl (C=O) groups is 2. The molecule has 0 aliphatic heterocycles. The maximum Gasteiger partial charge on any atom is 0.312 e. The predicted molar refractivity (Wildman–Crippen MR) is 116 cm³/mol. The number of benzene rings is 2. The van der Waals surface area contributed by atoms with Crippen LogP contribution < -0.4 is 5.32 Å². The molecule has 1 aromatic heterocycles. The average molecular weight is 409 g/mol. The lowest BCUT2D eigenvalue weighted by atomic mass is 10.1. The second kappa shape index (κ2) is 9.01. The third kappa shape index (κ3) is 5.51. The van der Waals surface area contributed by atoms with E-state index in [1.807, 2.05) is 68.6 Å². The molecule has 1 heterocycles. The lowest BCUT2D eigenvalue weighted by Gasteiger charge is -2.14. The number of carbonyl (C=O) groups excluding carboxylic acids is 2. The number of hydrogen-bond acceptors (Lipinski definition) is 5. The maximum absolute atomic E-state index is 12.4. The summed E-state index contributed by atoms with van der Waals surface area (Å²) in [6.45, 7) is 7.51. The lowest BCUT2D eigenvalue weighted by molar-refractivity contribution is -0.152. The van der Waals surface area contributed by atoms with E-state index in [4.69, 9.17) is 4.74 Å². The Morgan fingerprint density at radius 1 is 1.07 bits per heavy atom. The average Bonchev–Trinajstić information content (AvgIpc) is 3.12. The van der Waals surface area contributed by atoms with Crippen molar-refractivity contribution in [2.75, 3.05) is 5.32 Å². The Hall–Kier alpha value is -2.99. The van der Waals surface area contributed by atoms with E-state index in [0.29, 0.717) is 11.4 Å². The number of amides is 1. The molecular weight excluding hydrogens is 384 g/mol. The number of aromatic nitrogens is 1. The lowest BCUT2D eigenvalue weighted by Crippen LogP contribution is -2.30. The van der Waals surface area contributed by atoms with Crippen LogP contribution in [0.5, 0.6) is 0 Å². The number of rotatable bonds is 6. The molecule has 0 aliphatic rings. The third-order valence-electron chi connectivity index (χ3n) is 4.49. The van der Waals surface area contributed by atoms with E-state index in [9.17, 15) is 9.59 Å². The molecule has 0 spiro atoms. The van der Waals surface area contributed by atoms with Gasteiger partial charge in [-0.25, -0.2) is 4.98 Å². The highest BCUT2D eigenvalue weighted by Gasteiger charge is 2.19. The summed E-state index contributed by atoms with van der Waals surface area (Å²) in [4.78, 5) is 29.1. The number of esters is 1. The number of anilines is 1. The monoisotopic (exact) mass is 408 g/mol. The highest BCUT2D eigenvalue weighted by molar-refractivity contribution is 7.13. The summed E-state index contributed by atoms with van der Waals surface area (Å²) >= 11 is 1.48. The molecule has 0 radical (unpaired) electrons. The van der Waals surface area contributed by atoms with Crippen molar-refractivity contribution in [3.8, 4) is 10.6 Å². The van der Waals surface area contributed by atoms with Crippen molar-refractivity contribution in [2.24, 2.45) is 0 Å². The molecule has 3 rings (SSSR count). The molecule has 5 nitrogen and oxygen atoms in total. The Bertz CT molecular complexity index is 1020. The van der Waals surface area contributed by atoms with Crippen LogP contribution in [0.3, 0.4) is 0 Å². The largest absolute Gasteiger partial charge is 0.452 e. The zero-order valence-corrected chi connectivity index (χ0v) is 17.8. The molecule has 1 atom stereocenters. The van der Waals surface area contributed by atoms with E-state index < -0.39 is 12.1 Å². The van der Waals surface area contributed by atoms with Crippen LogP contribution in [-0.4, -0.2) is 23.0 Å². The van der Waals surface area contributed by atoms with Gasteiger partial charge in [0.05, 0.1) is 12.1 Å². The number of nitrogens with one attached hydrogen (secondary N) is 1. The molecular formula is C23H24N2O3S. The minimum atomic E-state index is -0.890. The molecule has 1 amide bonds. The Kier molecular flexibility index (Phi) is 6.44. The Morgan fingerprint density at radius 2 is 1.76 bits per heavy atom. The summed E-state index contributed by atoms with van der Waals surface area (Å²) < 4.78 is 5.30. The van der Waals surface area contributed by atoms with E-state index in [-0.39, 0.29) is 12.3 Å². The summed E-state index contributed by atoms with van der Waals surface area (Å²) in [7, 11) is 0. The minimum Gasteiger partial charge on any atom is -0.452 e. The highest BCUT2D eigenvalue weighted by atomic mass is 32.1. The van der Waals surface area contributed by atoms with Crippen molar-refractivity contribution in [1.29, 1.82) is 0 Å². The summed E-state index contributed by atoms with van der Waals surface area (Å²) in [5, 5.41) is 5.51. The highest BCUT2D eigenvalue weighted by Crippen LogP contribution is 2.24. The van der Waals surface area contributed by atoms with Gasteiger partial charge in [-0.15, -0.1) is 11.3 Å². The Labute approximate surface area is 174 Å². The van der Waals surface area contributed by atoms with Crippen molar-refractivity contribution in [2.45, 2.75) is 40.2 Å². The van der Waals surface area contributed by atoms with Crippen molar-refractivity contribution in [3.63, 3.8) is 0 Å². The van der Waals surface area contributed by atoms with Gasteiger partial charge in [0.25, 0.3) is 5.91 Å². The number of hydrogen-bond donors (Lipinski definition) is 1. The molecule has 0 bridgehead atoms. The van der Waals surface area contributed by atoms with Crippen LogP contribution in [0, 0.1) is 20.8 Å². The number of ether oxygens (including phenoxy) is 1. The van der Waals surface area contributed by atoms with Crippen LogP contribution in [0.1, 0.15) is 29.3 Å². The fourth-order valence-corrected chi connectivity index (χ4v) is 3.67. The van der Waals surface area contributed by atoms with Crippen LogP contribution in [-0.2, 0) is 20.7 Å². The SMILES string of the molecule is Cc1ccc(-c2nc(CC(=O)O[C@H](C)C(=O)Nc3ccc(C)cc3C)cs2)cc1. The molecule has 0 aliphatic carbocycles. The van der Waals surface area contributed by atoms with Crippen molar-refractivity contribution in [3.05, 3.63) is 70.2 Å². The second-order valence-corrected chi connectivity index (χ2v) is 7.98. The van der Waals surface area contributed by atoms with Gasteiger partial charge in [-0.2, -0.15) is 0 Å². The van der Waals surface area contributed by atoms with Gasteiger partial charge in [-0.05, 0) is 39.3 Å². The van der Waals surface area contributed by atoms with Gasteiger partial charge in [-0.1, -0.05) is 47.5 Å². The van der Waals surface area contributed by atoms with Crippen LogP contribution in [0.25, 0.3) is 10.6 Å². The molecule has 3 aromatic rings. The van der Waals surface area contributed by atoms with Gasteiger partial charge in [0, 0.05) is 16.6 Å². The standard InChI is InChI=1S/C23H24N2O3S/c1-14-5-8-18(9-6-14)23-24-19(13-29-23)12-21(26)28-17(4)22(27)25-20-10-7-15(2)11-16(20)3/h5-11,13,17H,12H2,1-4H3,(H,25,27)/t17-/m1/s1. The van der Waals surface area contributed by atoms with E-state index in [0.717, 1.165) is 21.7 Å². The molecule has 29 heavy (non-hydrogen) atoms. The molecule has 0 saturated carbocycles. The van der Waals surface area contributed by atoms with Gasteiger partial charge in [-0.3, -0.25) is 9.59 Å². The van der Waals surface area contributed by atoms with Crippen molar-refractivity contribution in [1.82, 2.24) is 4.98 Å². The summed E-state index contributed by atoms with van der Waals surface area (Å²) in [5.74, 6) is -0.835. The third-order valence-corrected chi connectivity index (χ3v) is 5.43. The van der Waals surface area contributed by atoms with Crippen LogP contribution >= 0.6 is 11.3 Å². The van der Waals surface area contributed by atoms with E-state index in [1.165, 1.54) is 16.9 Å². The topological polar surface area (TPSA) is 68.3 Å². The predicted octanol–water partition coefficient (Wildman–Crippen LogP) is 4.85. The molecule has 2 aromatic carbocycles. The fraction of sp³-hybridized carbons (Fsp3) is 0.261. The quantitative estimate of drug-likeness (QED) is 0.592. The fourth-order valence-electron chi connectivity index (χ4n) is 2.85. The van der Waals surface area contributed by atoms with E-state index in [2.05, 4.69) is 10.3 Å². The van der Waals surface area contributed by atoms with Gasteiger partial charge in [0.15, 0.2) is 6.10 Å². The van der Waals surface area contributed by atoms with E-state index in [1.54, 1.807) is 6.92 Å². The van der Waals surface area contributed by atoms with Crippen LogP contribution in [0.15, 0.2) is 47.8 Å². The van der Waals surface area contributed by atoms with Gasteiger partial charge >= 0.3 is 5.97 Å². The van der Waals surface area contributed by atoms with Gasteiger partial charge in [0.1, 0.15) is 5.01 Å². The van der Waals surface area contributed by atoms with Gasteiger partial charge < -0.3 is 10.1 Å². The first kappa shape index (κ1) is 20.7. The van der Waals surface area contributed by atoms with Crippen molar-refractivity contribution < 1.29 is 14.3 Å². The summed E-state index contributed by atoms with van der Waals surface area (Å²) in [6.07, 6.45) is -0.859. The molecule has 0 saturated heterocycles. The maximum atomic E-state index is 12.4. The smallest absolute Gasteiger partial charge is 0.312 e. The number of thiazole rings is 1.